The van der Waals surface area contributed by atoms with Gasteiger partial charge in [0, 0.05) is 46.2 Å². The maximum atomic E-state index is 12.8. The van der Waals surface area contributed by atoms with Crippen molar-refractivity contribution < 1.29 is 9.59 Å². The molecule has 2 aliphatic heterocycles. The van der Waals surface area contributed by atoms with Gasteiger partial charge in [-0.05, 0) is 36.0 Å². The van der Waals surface area contributed by atoms with E-state index in [9.17, 15) is 9.59 Å². The molecule has 0 bridgehead atoms. The summed E-state index contributed by atoms with van der Waals surface area (Å²) < 4.78 is 0. The molecule has 0 saturated carbocycles. The number of likely N-dealkylation sites (N-methyl/N-ethyl adjacent to an activating group) is 2. The van der Waals surface area contributed by atoms with Gasteiger partial charge in [0.15, 0.2) is 5.82 Å². The Balaban J connectivity index is 1.63. The first-order chi connectivity index (χ1) is 15.7. The van der Waals surface area contributed by atoms with Crippen LogP contribution in [-0.2, 0) is 0 Å². The van der Waals surface area contributed by atoms with Crippen molar-refractivity contribution in [3.8, 4) is 6.07 Å². The lowest BCUT2D eigenvalue weighted by atomic mass is 9.82. The van der Waals surface area contributed by atoms with E-state index in [0.29, 0.717) is 24.2 Å². The smallest absolute Gasteiger partial charge is 0.319 e. The molecule has 174 valence electrons. The number of carbonyl (C=O) groups is 2. The fourth-order valence-electron chi connectivity index (χ4n) is 4.58. The van der Waals surface area contributed by atoms with Crippen LogP contribution in [0.3, 0.4) is 0 Å². The average molecular weight is 450 g/mol. The van der Waals surface area contributed by atoms with Crippen LogP contribution < -0.4 is 10.2 Å². The summed E-state index contributed by atoms with van der Waals surface area (Å²) in [5, 5.41) is 12.0. The third kappa shape index (κ3) is 4.80. The fourth-order valence-corrected chi connectivity index (χ4v) is 4.58. The number of benzene rings is 1. The molecule has 2 saturated heterocycles. The van der Waals surface area contributed by atoms with Crippen molar-refractivity contribution in [1.82, 2.24) is 19.8 Å². The summed E-state index contributed by atoms with van der Waals surface area (Å²) in [6.07, 6.45) is 3.48. The molecular formula is C24H31N7O2. The lowest BCUT2D eigenvalue weighted by Gasteiger charge is -2.40. The summed E-state index contributed by atoms with van der Waals surface area (Å²) in [5.41, 5.74) is 3.38. The Bertz CT molecular complexity index is 1080. The van der Waals surface area contributed by atoms with Gasteiger partial charge in [0.25, 0.3) is 5.91 Å². The number of nitrogens with one attached hydrogen (secondary N) is 2. The average Bonchev–Trinajstić information content (AvgIpc) is 3.27. The number of carbonyl (C=O) groups excluding carboxylic acids is 2. The van der Waals surface area contributed by atoms with Gasteiger partial charge in [0.1, 0.15) is 11.8 Å². The number of nitriles is 1. The zero-order valence-electron chi connectivity index (χ0n) is 19.7. The number of nitrogens with zero attached hydrogens (tertiary/aromatic N) is 5. The third-order valence-electron chi connectivity index (χ3n) is 6.75. The molecule has 2 aromatic rings. The SMILES string of the molecule is CN1CC(c2ccc(NC(=O)c3ncc(C#N)[nH]3)c(N3CCC(C)(C)CC3)c2)CN(C)C1=O. The number of aromatic nitrogens is 2. The van der Waals surface area contributed by atoms with E-state index < -0.39 is 0 Å². The second-order valence-corrected chi connectivity index (χ2v) is 9.88. The number of imidazole rings is 1. The Morgan fingerprint density at radius 1 is 1.21 bits per heavy atom. The van der Waals surface area contributed by atoms with E-state index in [2.05, 4.69) is 40.1 Å². The highest BCUT2D eigenvalue weighted by Crippen LogP contribution is 2.37. The topological polar surface area (TPSA) is 108 Å². The Kier molecular flexibility index (Phi) is 6.02. The molecule has 9 heteroatoms. The van der Waals surface area contributed by atoms with Crippen LogP contribution >= 0.6 is 0 Å². The molecule has 1 aromatic heterocycles. The number of H-pyrrole nitrogens is 1. The minimum absolute atomic E-state index is 0.0313. The lowest BCUT2D eigenvalue weighted by Crippen LogP contribution is -2.49. The monoisotopic (exact) mass is 449 g/mol. The summed E-state index contributed by atoms with van der Waals surface area (Å²) >= 11 is 0. The zero-order valence-corrected chi connectivity index (χ0v) is 19.7. The van der Waals surface area contributed by atoms with Crippen LogP contribution in [0.5, 0.6) is 0 Å². The van der Waals surface area contributed by atoms with Crippen LogP contribution in [0.4, 0.5) is 16.2 Å². The molecule has 2 aliphatic rings. The van der Waals surface area contributed by atoms with Crippen LogP contribution in [-0.4, -0.2) is 72.0 Å². The van der Waals surface area contributed by atoms with Crippen molar-refractivity contribution in [3.05, 3.63) is 41.5 Å². The van der Waals surface area contributed by atoms with Crippen molar-refractivity contribution in [1.29, 1.82) is 5.26 Å². The maximum Gasteiger partial charge on any atom is 0.319 e. The van der Waals surface area contributed by atoms with Gasteiger partial charge in [-0.2, -0.15) is 5.26 Å². The van der Waals surface area contributed by atoms with Gasteiger partial charge in [-0.25, -0.2) is 9.78 Å². The molecule has 2 N–H and O–H groups in total. The van der Waals surface area contributed by atoms with Crippen LogP contribution in [0.1, 0.15) is 54.5 Å². The maximum absolute atomic E-state index is 12.8. The molecule has 0 atom stereocenters. The Morgan fingerprint density at radius 3 is 2.48 bits per heavy atom. The number of hydrogen-bond acceptors (Lipinski definition) is 5. The normalized spacial score (nSPS) is 18.9. The van der Waals surface area contributed by atoms with E-state index >= 15 is 0 Å². The molecule has 4 rings (SSSR count). The van der Waals surface area contributed by atoms with E-state index in [-0.39, 0.29) is 29.4 Å². The largest absolute Gasteiger partial charge is 0.370 e. The molecule has 0 aliphatic carbocycles. The predicted octanol–water partition coefficient (Wildman–Crippen LogP) is 3.24. The van der Waals surface area contributed by atoms with Gasteiger partial charge in [0.05, 0.1) is 17.6 Å². The van der Waals surface area contributed by atoms with Gasteiger partial charge >= 0.3 is 6.03 Å². The lowest BCUT2D eigenvalue weighted by molar-refractivity contribution is 0.101. The quantitative estimate of drug-likeness (QED) is 0.745. The van der Waals surface area contributed by atoms with Crippen molar-refractivity contribution >= 4 is 23.3 Å². The van der Waals surface area contributed by atoms with Crippen molar-refractivity contribution in [2.75, 3.05) is 50.5 Å². The van der Waals surface area contributed by atoms with Gasteiger partial charge in [0.2, 0.25) is 0 Å². The molecule has 3 amide bonds. The van der Waals surface area contributed by atoms with Crippen LogP contribution in [0.2, 0.25) is 0 Å². The number of amides is 3. The highest BCUT2D eigenvalue weighted by Gasteiger charge is 2.30. The second kappa shape index (κ2) is 8.77. The number of aromatic amines is 1. The minimum Gasteiger partial charge on any atom is -0.370 e. The molecule has 0 spiro atoms. The van der Waals surface area contributed by atoms with Crippen LogP contribution in [0.15, 0.2) is 24.4 Å². The molecule has 33 heavy (non-hydrogen) atoms. The Labute approximate surface area is 194 Å². The van der Waals surface area contributed by atoms with E-state index in [1.165, 1.54) is 6.20 Å². The number of piperidine rings is 1. The summed E-state index contributed by atoms with van der Waals surface area (Å²) in [6, 6.07) is 8.10. The van der Waals surface area contributed by atoms with Crippen molar-refractivity contribution in [2.45, 2.75) is 32.6 Å². The molecule has 9 nitrogen and oxygen atoms in total. The standard InChI is InChI=1S/C24H31N7O2/c1-24(2)7-9-31(10-8-24)20-11-16(17-14-29(3)23(33)30(4)15-17)5-6-19(20)28-22(32)21-26-13-18(12-25)27-21/h5-6,11,13,17H,7-10,14-15H2,1-4H3,(H,26,27)(H,28,32). The van der Waals surface area contributed by atoms with Crippen LogP contribution in [0.25, 0.3) is 0 Å². The molecule has 0 radical (unpaired) electrons. The first-order valence-electron chi connectivity index (χ1n) is 11.3. The Hall–Kier alpha value is -3.54. The molecule has 0 unspecified atom stereocenters. The Morgan fingerprint density at radius 2 is 1.88 bits per heavy atom. The number of anilines is 2. The molecular weight excluding hydrogens is 418 g/mol. The van der Waals surface area contributed by atoms with Gasteiger partial charge in [-0.1, -0.05) is 19.9 Å². The van der Waals surface area contributed by atoms with E-state index in [1.807, 2.05) is 32.3 Å². The van der Waals surface area contributed by atoms with Crippen molar-refractivity contribution in [2.24, 2.45) is 5.41 Å². The first kappa shape index (κ1) is 22.6. The minimum atomic E-state index is -0.384. The molecule has 3 heterocycles. The van der Waals surface area contributed by atoms with E-state index in [4.69, 9.17) is 5.26 Å². The summed E-state index contributed by atoms with van der Waals surface area (Å²) in [7, 11) is 3.65. The second-order valence-electron chi connectivity index (χ2n) is 9.88. The van der Waals surface area contributed by atoms with Gasteiger partial charge in [-0.15, -0.1) is 0 Å². The zero-order chi connectivity index (χ0) is 23.8. The fraction of sp³-hybridized carbons (Fsp3) is 0.500. The molecule has 2 fully saturated rings. The predicted molar refractivity (Wildman–Crippen MR) is 126 cm³/mol. The molecule has 1 aromatic carbocycles. The highest BCUT2D eigenvalue weighted by molar-refractivity contribution is 6.03. The number of rotatable bonds is 4. The van der Waals surface area contributed by atoms with Gasteiger partial charge < -0.3 is 25.0 Å². The summed E-state index contributed by atoms with van der Waals surface area (Å²) in [5.74, 6) is -0.0911. The number of urea groups is 1. The van der Waals surface area contributed by atoms with E-state index in [0.717, 1.165) is 37.2 Å². The third-order valence-corrected chi connectivity index (χ3v) is 6.75. The van der Waals surface area contributed by atoms with E-state index in [1.54, 1.807) is 9.80 Å². The number of hydrogen-bond donors (Lipinski definition) is 2. The van der Waals surface area contributed by atoms with Crippen molar-refractivity contribution in [3.63, 3.8) is 0 Å². The van der Waals surface area contributed by atoms with Gasteiger partial charge in [-0.3, -0.25) is 4.79 Å². The van der Waals surface area contributed by atoms with Crippen LogP contribution in [0, 0.1) is 16.7 Å². The highest BCUT2D eigenvalue weighted by atomic mass is 16.2. The summed E-state index contributed by atoms with van der Waals surface area (Å²) in [6.45, 7) is 7.70. The first-order valence-corrected chi connectivity index (χ1v) is 11.3. The summed E-state index contributed by atoms with van der Waals surface area (Å²) in [4.78, 5) is 37.5.